The lowest BCUT2D eigenvalue weighted by Crippen LogP contribution is -2.50. The molecule has 1 heterocycles. The first kappa shape index (κ1) is 16.3. The van der Waals surface area contributed by atoms with Crippen molar-refractivity contribution in [2.24, 2.45) is 0 Å². The monoisotopic (exact) mass is 326 g/mol. The molecule has 0 aliphatic carbocycles. The predicted molar refractivity (Wildman–Crippen MR) is 91.9 cm³/mol. The third kappa shape index (κ3) is 4.49. The van der Waals surface area contributed by atoms with Crippen molar-refractivity contribution in [3.63, 3.8) is 0 Å². The fraction of sp³-hybridized carbons (Fsp3) is 0.316. The third-order valence-electron chi connectivity index (χ3n) is 3.97. The van der Waals surface area contributed by atoms with E-state index >= 15 is 0 Å². The van der Waals surface area contributed by atoms with Gasteiger partial charge in [0.2, 0.25) is 0 Å². The number of hydrogen-bond donors (Lipinski definition) is 2. The first-order valence-electron chi connectivity index (χ1n) is 8.15. The number of carbonyl (C=O) groups is 1. The number of alkyl carbamates (subject to hydrolysis) is 1. The number of hydrogen-bond acceptors (Lipinski definition) is 4. The van der Waals surface area contributed by atoms with Gasteiger partial charge in [-0.2, -0.15) is 0 Å². The molecule has 1 aliphatic heterocycles. The molecule has 0 saturated carbocycles. The Morgan fingerprint density at radius 3 is 2.50 bits per heavy atom. The summed E-state index contributed by atoms with van der Waals surface area (Å²) in [5.74, 6) is 0.851. The Hall–Kier alpha value is -2.53. The van der Waals surface area contributed by atoms with Crippen LogP contribution in [0.25, 0.3) is 0 Å². The summed E-state index contributed by atoms with van der Waals surface area (Å²) in [6.07, 6.45) is -0.161. The van der Waals surface area contributed by atoms with Crippen LogP contribution in [0, 0.1) is 0 Å². The normalized spacial score (nSPS) is 15.2. The highest BCUT2D eigenvalue weighted by Crippen LogP contribution is 2.19. The molecule has 24 heavy (non-hydrogen) atoms. The van der Waals surface area contributed by atoms with Crippen molar-refractivity contribution in [2.75, 3.05) is 13.1 Å². The van der Waals surface area contributed by atoms with Gasteiger partial charge in [-0.1, -0.05) is 42.5 Å². The topological polar surface area (TPSA) is 59.6 Å². The zero-order chi connectivity index (χ0) is 16.8. The van der Waals surface area contributed by atoms with Crippen molar-refractivity contribution in [1.29, 1.82) is 0 Å². The Morgan fingerprint density at radius 2 is 1.88 bits per heavy atom. The van der Waals surface area contributed by atoms with Crippen molar-refractivity contribution >= 4 is 6.09 Å². The summed E-state index contributed by atoms with van der Waals surface area (Å²) >= 11 is 0. The maximum atomic E-state index is 11.9. The largest absolute Gasteiger partial charge is 0.488 e. The molecule has 0 aromatic heterocycles. The van der Waals surface area contributed by atoms with E-state index in [9.17, 15) is 4.79 Å². The lowest BCUT2D eigenvalue weighted by atomic mass is 10.1. The van der Waals surface area contributed by atoms with E-state index in [4.69, 9.17) is 9.47 Å². The van der Waals surface area contributed by atoms with Gasteiger partial charge in [-0.05, 0) is 30.2 Å². The van der Waals surface area contributed by atoms with Crippen LogP contribution in [0.2, 0.25) is 0 Å². The standard InChI is InChI=1S/C19H22N2O3/c1-14(21-19(22)23-13-15-5-3-2-4-6-15)16-7-9-17(10-8-16)24-18-11-20-12-18/h2-10,14,18,20H,11-13H2,1H3,(H,21,22). The second kappa shape index (κ2) is 7.84. The van der Waals surface area contributed by atoms with E-state index in [-0.39, 0.29) is 18.8 Å². The summed E-state index contributed by atoms with van der Waals surface area (Å²) in [6.45, 7) is 3.98. The highest BCUT2D eigenvalue weighted by molar-refractivity contribution is 5.67. The molecule has 1 aliphatic rings. The van der Waals surface area contributed by atoms with Gasteiger partial charge in [-0.15, -0.1) is 0 Å². The van der Waals surface area contributed by atoms with Gasteiger partial charge in [0.1, 0.15) is 18.5 Å². The fourth-order valence-electron chi connectivity index (χ4n) is 2.40. The smallest absolute Gasteiger partial charge is 0.407 e. The summed E-state index contributed by atoms with van der Waals surface area (Å²) in [7, 11) is 0. The van der Waals surface area contributed by atoms with Gasteiger partial charge in [0.25, 0.3) is 0 Å². The van der Waals surface area contributed by atoms with Gasteiger partial charge in [0, 0.05) is 13.1 Å². The average molecular weight is 326 g/mol. The molecule has 1 amide bonds. The van der Waals surface area contributed by atoms with Gasteiger partial charge < -0.3 is 20.1 Å². The van der Waals surface area contributed by atoms with Crippen LogP contribution < -0.4 is 15.4 Å². The van der Waals surface area contributed by atoms with Gasteiger partial charge in [0.15, 0.2) is 0 Å². The van der Waals surface area contributed by atoms with E-state index < -0.39 is 6.09 Å². The first-order chi connectivity index (χ1) is 11.7. The summed E-state index contributed by atoms with van der Waals surface area (Å²) in [6, 6.07) is 17.3. The Balaban J connectivity index is 1.46. The minimum absolute atomic E-state index is 0.132. The minimum Gasteiger partial charge on any atom is -0.488 e. The summed E-state index contributed by atoms with van der Waals surface area (Å²) < 4.78 is 11.0. The lowest BCUT2D eigenvalue weighted by Gasteiger charge is -2.27. The van der Waals surface area contributed by atoms with E-state index in [1.54, 1.807) is 0 Å². The Labute approximate surface area is 142 Å². The molecule has 1 saturated heterocycles. The molecule has 1 unspecified atom stereocenters. The van der Waals surface area contributed by atoms with Crippen molar-refractivity contribution in [3.8, 4) is 5.75 Å². The molecule has 2 N–H and O–H groups in total. The minimum atomic E-state index is -0.424. The zero-order valence-electron chi connectivity index (χ0n) is 13.7. The average Bonchev–Trinajstić information content (AvgIpc) is 2.58. The summed E-state index contributed by atoms with van der Waals surface area (Å²) in [5, 5.41) is 6.01. The van der Waals surface area contributed by atoms with Crippen LogP contribution in [0.15, 0.2) is 54.6 Å². The van der Waals surface area contributed by atoms with Crippen molar-refractivity contribution in [3.05, 3.63) is 65.7 Å². The summed E-state index contributed by atoms with van der Waals surface area (Å²) in [5.41, 5.74) is 1.97. The molecular weight excluding hydrogens is 304 g/mol. The van der Waals surface area contributed by atoms with Crippen LogP contribution in [-0.2, 0) is 11.3 Å². The van der Waals surface area contributed by atoms with Crippen molar-refractivity contribution in [2.45, 2.75) is 25.7 Å². The molecule has 1 atom stereocenters. The number of ether oxygens (including phenoxy) is 2. The molecular formula is C19H22N2O3. The molecule has 0 radical (unpaired) electrons. The van der Waals surface area contributed by atoms with Crippen LogP contribution in [0.1, 0.15) is 24.1 Å². The van der Waals surface area contributed by atoms with E-state index in [0.29, 0.717) is 0 Å². The number of benzene rings is 2. The number of carbonyl (C=O) groups excluding carboxylic acids is 1. The maximum absolute atomic E-state index is 11.9. The Bertz CT molecular complexity index is 654. The van der Waals surface area contributed by atoms with E-state index in [0.717, 1.165) is 30.0 Å². The third-order valence-corrected chi connectivity index (χ3v) is 3.97. The Morgan fingerprint density at radius 1 is 1.17 bits per heavy atom. The van der Waals surface area contributed by atoms with Gasteiger partial charge in [0.05, 0.1) is 6.04 Å². The molecule has 0 bridgehead atoms. The molecule has 5 nitrogen and oxygen atoms in total. The lowest BCUT2D eigenvalue weighted by molar-refractivity contribution is 0.136. The second-order valence-corrected chi connectivity index (χ2v) is 5.89. The van der Waals surface area contributed by atoms with Crippen LogP contribution in [-0.4, -0.2) is 25.3 Å². The van der Waals surface area contributed by atoms with Crippen molar-refractivity contribution in [1.82, 2.24) is 10.6 Å². The quantitative estimate of drug-likeness (QED) is 0.857. The van der Waals surface area contributed by atoms with Gasteiger partial charge in [-0.25, -0.2) is 4.79 Å². The van der Waals surface area contributed by atoms with Gasteiger partial charge >= 0.3 is 6.09 Å². The molecule has 5 heteroatoms. The van der Waals surface area contributed by atoms with E-state index in [2.05, 4.69) is 10.6 Å². The van der Waals surface area contributed by atoms with E-state index in [1.165, 1.54) is 0 Å². The number of nitrogens with one attached hydrogen (secondary N) is 2. The second-order valence-electron chi connectivity index (χ2n) is 5.89. The highest BCUT2D eigenvalue weighted by Gasteiger charge is 2.18. The number of rotatable bonds is 6. The highest BCUT2D eigenvalue weighted by atomic mass is 16.5. The van der Waals surface area contributed by atoms with Crippen molar-refractivity contribution < 1.29 is 14.3 Å². The van der Waals surface area contributed by atoms with Crippen LogP contribution in [0.3, 0.4) is 0 Å². The van der Waals surface area contributed by atoms with Gasteiger partial charge in [-0.3, -0.25) is 0 Å². The molecule has 0 spiro atoms. The Kier molecular flexibility index (Phi) is 5.33. The number of amides is 1. The molecule has 3 rings (SSSR count). The van der Waals surface area contributed by atoms with Crippen LogP contribution in [0.5, 0.6) is 5.75 Å². The van der Waals surface area contributed by atoms with Crippen LogP contribution in [0.4, 0.5) is 4.79 Å². The predicted octanol–water partition coefficient (Wildman–Crippen LogP) is 3.02. The van der Waals surface area contributed by atoms with E-state index in [1.807, 2.05) is 61.5 Å². The first-order valence-corrected chi connectivity index (χ1v) is 8.15. The molecule has 1 fully saturated rings. The fourth-order valence-corrected chi connectivity index (χ4v) is 2.40. The molecule has 2 aromatic carbocycles. The SMILES string of the molecule is CC(NC(=O)OCc1ccccc1)c1ccc(OC2CNC2)cc1. The maximum Gasteiger partial charge on any atom is 0.407 e. The van der Waals surface area contributed by atoms with Crippen LogP contribution >= 0.6 is 0 Å². The molecule has 2 aromatic rings. The zero-order valence-corrected chi connectivity index (χ0v) is 13.7. The molecule has 126 valence electrons. The summed E-state index contributed by atoms with van der Waals surface area (Å²) in [4.78, 5) is 11.9.